The number of ether oxygens (including phenoxy) is 2. The molecule has 0 heterocycles. The number of hydrogen-bond donors (Lipinski definition) is 0. The van der Waals surface area contributed by atoms with Gasteiger partial charge in [-0.05, 0) is 0 Å². The summed E-state index contributed by atoms with van der Waals surface area (Å²) in [6, 6.07) is 0. The second-order valence-electron chi connectivity index (χ2n) is 6.60. The molecule has 0 unspecified atom stereocenters. The van der Waals surface area contributed by atoms with E-state index in [-0.39, 0.29) is 6.29 Å². The zero-order valence-corrected chi connectivity index (χ0v) is 18.2. The Morgan fingerprint density at radius 3 is 1.38 bits per heavy atom. The molecule has 0 amide bonds. The van der Waals surface area contributed by atoms with Gasteiger partial charge in [-0.1, -0.05) is 0 Å². The van der Waals surface area contributed by atoms with Crippen LogP contribution >= 0.6 is 0 Å². The number of unbranched alkanes of at least 4 members (excludes halogenated alkanes) is 3. The van der Waals surface area contributed by atoms with Crippen LogP contribution in [0.4, 0.5) is 0 Å². The molecule has 0 aromatic carbocycles. The molecule has 0 N–H and O–H groups in total. The first-order valence-electron chi connectivity index (χ1n) is 9.23. The number of methoxy groups -OCH3 is 2. The average molecular weight is 407 g/mol. The van der Waals surface area contributed by atoms with Crippen LogP contribution in [0, 0.1) is 0 Å². The van der Waals surface area contributed by atoms with Gasteiger partial charge in [0.1, 0.15) is 0 Å². The van der Waals surface area contributed by atoms with E-state index in [9.17, 15) is 0 Å². The summed E-state index contributed by atoms with van der Waals surface area (Å²) in [4.78, 5) is 0. The molecule has 3 heteroatoms. The molecule has 0 saturated carbocycles. The average Bonchev–Trinajstić information content (AvgIpc) is 2.52. The molecule has 0 aromatic heterocycles. The van der Waals surface area contributed by atoms with Gasteiger partial charge in [0.15, 0.2) is 0 Å². The molecule has 0 saturated heterocycles. The van der Waals surface area contributed by atoms with Gasteiger partial charge in [0.2, 0.25) is 0 Å². The standard InChI is InChI=1S/C6H13O2.3C4H9.Sn/c1-4-5-6(7-2)8-3;3*1-3-4-2;/h6H,1,4-5H2,2-3H3;3*1,3-4H2,2H3;. The van der Waals surface area contributed by atoms with Crippen LogP contribution in [0.2, 0.25) is 17.7 Å². The van der Waals surface area contributed by atoms with Crippen molar-refractivity contribution >= 4 is 18.4 Å². The minimum atomic E-state index is -1.90. The SMILES string of the molecule is CCC[CH2][Sn]([CH2]CCC)([CH2]CCC)[CH2]CCC(OC)OC. The molecule has 0 aromatic rings. The predicted octanol–water partition coefficient (Wildman–Crippen LogP) is 6.23. The van der Waals surface area contributed by atoms with E-state index in [1.165, 1.54) is 44.9 Å². The Hall–Kier alpha value is 0.719. The maximum absolute atomic E-state index is 5.36. The van der Waals surface area contributed by atoms with Gasteiger partial charge in [-0.25, -0.2) is 0 Å². The summed E-state index contributed by atoms with van der Waals surface area (Å²) in [5.74, 6) is 0. The molecule has 0 aliphatic heterocycles. The van der Waals surface area contributed by atoms with Crippen molar-refractivity contribution < 1.29 is 9.47 Å². The molecule has 2 nitrogen and oxygen atoms in total. The Balaban J connectivity index is 4.54. The van der Waals surface area contributed by atoms with E-state index < -0.39 is 18.4 Å². The molecule has 128 valence electrons. The summed E-state index contributed by atoms with van der Waals surface area (Å²) in [5.41, 5.74) is 0. The van der Waals surface area contributed by atoms with Crippen molar-refractivity contribution in [2.45, 2.75) is 96.2 Å². The Morgan fingerprint density at radius 1 is 0.667 bits per heavy atom. The number of rotatable bonds is 15. The second-order valence-corrected chi connectivity index (χ2v) is 20.9. The first-order valence-corrected chi connectivity index (χ1v) is 17.3. The van der Waals surface area contributed by atoms with E-state index in [1.807, 2.05) is 0 Å². The Kier molecular flexibility index (Phi) is 14.8. The van der Waals surface area contributed by atoms with Gasteiger partial charge in [-0.2, -0.15) is 0 Å². The van der Waals surface area contributed by atoms with Crippen LogP contribution in [0.3, 0.4) is 0 Å². The monoisotopic (exact) mass is 408 g/mol. The van der Waals surface area contributed by atoms with Gasteiger partial charge >= 0.3 is 138 Å². The van der Waals surface area contributed by atoms with Gasteiger partial charge in [-0.15, -0.1) is 0 Å². The van der Waals surface area contributed by atoms with E-state index >= 15 is 0 Å². The van der Waals surface area contributed by atoms with E-state index in [0.717, 1.165) is 6.42 Å². The third-order valence-electron chi connectivity index (χ3n) is 4.85. The normalized spacial score (nSPS) is 12.3. The van der Waals surface area contributed by atoms with Crippen LogP contribution in [0.25, 0.3) is 0 Å². The number of hydrogen-bond acceptors (Lipinski definition) is 2. The molecule has 0 radical (unpaired) electrons. The summed E-state index contributed by atoms with van der Waals surface area (Å²) < 4.78 is 17.1. The van der Waals surface area contributed by atoms with Crippen molar-refractivity contribution in [3.05, 3.63) is 0 Å². The van der Waals surface area contributed by atoms with Crippen LogP contribution in [-0.4, -0.2) is 38.9 Å². The summed E-state index contributed by atoms with van der Waals surface area (Å²) >= 11 is -1.90. The predicted molar refractivity (Wildman–Crippen MR) is 96.7 cm³/mol. The van der Waals surface area contributed by atoms with Crippen molar-refractivity contribution in [2.75, 3.05) is 14.2 Å². The topological polar surface area (TPSA) is 18.5 Å². The first kappa shape index (κ1) is 21.7. The van der Waals surface area contributed by atoms with Gasteiger partial charge in [0, 0.05) is 0 Å². The van der Waals surface area contributed by atoms with E-state index in [2.05, 4.69) is 20.8 Å². The van der Waals surface area contributed by atoms with Gasteiger partial charge in [0.05, 0.1) is 0 Å². The summed E-state index contributed by atoms with van der Waals surface area (Å²) in [6.07, 6.45) is 10.9. The fourth-order valence-electron chi connectivity index (χ4n) is 3.38. The van der Waals surface area contributed by atoms with Gasteiger partial charge in [-0.3, -0.25) is 0 Å². The van der Waals surface area contributed by atoms with E-state index in [4.69, 9.17) is 9.47 Å². The van der Waals surface area contributed by atoms with Crippen LogP contribution in [0.15, 0.2) is 0 Å². The maximum atomic E-state index is 5.36. The first-order chi connectivity index (χ1) is 10.2. The van der Waals surface area contributed by atoms with Crippen molar-refractivity contribution in [1.29, 1.82) is 0 Å². The molecule has 0 rings (SSSR count). The molecular weight excluding hydrogens is 367 g/mol. The Morgan fingerprint density at radius 2 is 1.05 bits per heavy atom. The molecule has 0 fully saturated rings. The molecular formula is C18H40O2Sn. The van der Waals surface area contributed by atoms with E-state index in [0.29, 0.717) is 0 Å². The fourth-order valence-corrected chi connectivity index (χ4v) is 19.8. The van der Waals surface area contributed by atoms with Crippen molar-refractivity contribution in [2.24, 2.45) is 0 Å². The van der Waals surface area contributed by atoms with Crippen molar-refractivity contribution in [3.8, 4) is 0 Å². The van der Waals surface area contributed by atoms with Crippen LogP contribution in [-0.2, 0) is 9.47 Å². The zero-order chi connectivity index (χ0) is 16.0. The molecule has 0 bridgehead atoms. The minimum absolute atomic E-state index is 0.0116. The molecule has 21 heavy (non-hydrogen) atoms. The third-order valence-corrected chi connectivity index (χ3v) is 21.0. The Bertz CT molecular complexity index is 195. The molecule has 0 aliphatic carbocycles. The Labute approximate surface area is 138 Å². The van der Waals surface area contributed by atoms with Crippen LogP contribution < -0.4 is 0 Å². The molecule has 0 aliphatic rings. The van der Waals surface area contributed by atoms with Crippen molar-refractivity contribution in [3.63, 3.8) is 0 Å². The summed E-state index contributed by atoms with van der Waals surface area (Å²) in [6.45, 7) is 7.05. The quantitative estimate of drug-likeness (QED) is 0.237. The van der Waals surface area contributed by atoms with Crippen LogP contribution in [0.1, 0.15) is 72.1 Å². The third kappa shape index (κ3) is 10.2. The fraction of sp³-hybridized carbons (Fsp3) is 1.00. The van der Waals surface area contributed by atoms with Gasteiger partial charge in [0.25, 0.3) is 0 Å². The molecule has 0 atom stereocenters. The van der Waals surface area contributed by atoms with E-state index in [1.54, 1.807) is 32.0 Å². The zero-order valence-electron chi connectivity index (χ0n) is 15.4. The molecule has 0 spiro atoms. The van der Waals surface area contributed by atoms with Crippen LogP contribution in [0.5, 0.6) is 0 Å². The second kappa shape index (κ2) is 14.3. The summed E-state index contributed by atoms with van der Waals surface area (Å²) in [7, 11) is 3.52. The van der Waals surface area contributed by atoms with Gasteiger partial charge < -0.3 is 0 Å². The summed E-state index contributed by atoms with van der Waals surface area (Å²) in [5, 5.41) is 0. The van der Waals surface area contributed by atoms with Crippen molar-refractivity contribution in [1.82, 2.24) is 0 Å².